The number of halogens is 6. The van der Waals surface area contributed by atoms with Gasteiger partial charge in [-0.1, -0.05) is 34.1 Å². The normalized spacial score (nSPS) is 20.1. The van der Waals surface area contributed by atoms with Gasteiger partial charge in [0.05, 0.1) is 0 Å². The van der Waals surface area contributed by atoms with Gasteiger partial charge in [0.2, 0.25) is 5.91 Å². The average molecular weight is 558 g/mol. The van der Waals surface area contributed by atoms with Crippen LogP contribution in [-0.4, -0.2) is 46.4 Å². The smallest absolute Gasteiger partial charge is 0.325 e. The summed E-state index contributed by atoms with van der Waals surface area (Å²) in [5, 5.41) is 2.37. The van der Waals surface area contributed by atoms with Crippen molar-refractivity contribution in [2.45, 2.75) is 31.2 Å². The van der Waals surface area contributed by atoms with E-state index in [0.29, 0.717) is 14.3 Å². The topological polar surface area (TPSA) is 69.7 Å². The molecule has 2 aliphatic rings. The Morgan fingerprint density at radius 2 is 1.80 bits per heavy atom. The summed E-state index contributed by atoms with van der Waals surface area (Å²) >= 11 is 3.20. The third-order valence-corrected chi connectivity index (χ3v) is 6.45. The van der Waals surface area contributed by atoms with E-state index in [1.165, 1.54) is 30.3 Å². The maximum absolute atomic E-state index is 14.6. The summed E-state index contributed by atoms with van der Waals surface area (Å²) in [5.41, 5.74) is -1.50. The second-order valence-corrected chi connectivity index (χ2v) is 9.09. The van der Waals surface area contributed by atoms with Crippen molar-refractivity contribution >= 4 is 39.6 Å². The van der Waals surface area contributed by atoms with Crippen molar-refractivity contribution in [1.29, 1.82) is 0 Å². The Balaban J connectivity index is 1.62. The standard InChI is InChI=1S/C23H17BrF5N3O3/c1-12(23(27,28)29)31(10-13-2-5-15(25)6-3-13)19(33)11-32-20(34)22(30-21(32)35)9-18(26)16-8-14(24)4-7-17(16)22/h2-9,12H,10-11H2,1H3,(H,30,35)/t12-,22?/m0/s1. The molecule has 1 heterocycles. The number of rotatable bonds is 5. The molecule has 6 nitrogen and oxygen atoms in total. The highest BCUT2D eigenvalue weighted by atomic mass is 79.9. The van der Waals surface area contributed by atoms with Gasteiger partial charge < -0.3 is 10.2 Å². The quantitative estimate of drug-likeness (QED) is 0.430. The molecule has 1 unspecified atom stereocenters. The number of hydrogen-bond donors (Lipinski definition) is 1. The summed E-state index contributed by atoms with van der Waals surface area (Å²) in [6.45, 7) is -0.784. The zero-order valence-corrected chi connectivity index (χ0v) is 19.6. The molecule has 1 fully saturated rings. The van der Waals surface area contributed by atoms with Crippen molar-refractivity contribution in [3.63, 3.8) is 0 Å². The van der Waals surface area contributed by atoms with Gasteiger partial charge in [0, 0.05) is 22.1 Å². The van der Waals surface area contributed by atoms with Crippen molar-refractivity contribution < 1.29 is 36.3 Å². The minimum Gasteiger partial charge on any atom is -0.325 e. The van der Waals surface area contributed by atoms with Crippen molar-refractivity contribution in [3.8, 4) is 0 Å². The lowest BCUT2D eigenvalue weighted by Crippen LogP contribution is -2.51. The maximum Gasteiger partial charge on any atom is 0.408 e. The predicted molar refractivity (Wildman–Crippen MR) is 118 cm³/mol. The molecule has 35 heavy (non-hydrogen) atoms. The van der Waals surface area contributed by atoms with Gasteiger partial charge in [-0.25, -0.2) is 13.6 Å². The van der Waals surface area contributed by atoms with Crippen LogP contribution in [0.1, 0.15) is 23.6 Å². The van der Waals surface area contributed by atoms with Crippen molar-refractivity contribution in [3.05, 3.63) is 75.5 Å². The van der Waals surface area contributed by atoms with Crippen LogP contribution in [0.2, 0.25) is 0 Å². The lowest BCUT2D eigenvalue weighted by atomic mass is 9.92. The summed E-state index contributed by atoms with van der Waals surface area (Å²) in [5.74, 6) is -3.54. The molecular formula is C23H17BrF5N3O3. The van der Waals surface area contributed by atoms with Crippen LogP contribution in [0.5, 0.6) is 0 Å². The molecular weight excluding hydrogens is 541 g/mol. The van der Waals surface area contributed by atoms with Crippen LogP contribution in [0.3, 0.4) is 0 Å². The highest BCUT2D eigenvalue weighted by Crippen LogP contribution is 2.44. The van der Waals surface area contributed by atoms with Gasteiger partial charge in [-0.15, -0.1) is 0 Å². The summed E-state index contributed by atoms with van der Waals surface area (Å²) in [4.78, 5) is 39.8. The summed E-state index contributed by atoms with van der Waals surface area (Å²) in [6.07, 6.45) is -3.90. The Morgan fingerprint density at radius 3 is 2.43 bits per heavy atom. The fourth-order valence-corrected chi connectivity index (χ4v) is 4.41. The number of carbonyl (C=O) groups excluding carboxylic acids is 3. The number of nitrogens with one attached hydrogen (secondary N) is 1. The SMILES string of the molecule is C[C@H](N(Cc1ccc(F)cc1)C(=O)CN1C(=O)NC2(C=C(F)c3cc(Br)ccc32)C1=O)C(F)(F)F. The molecule has 1 aliphatic heterocycles. The van der Waals surface area contributed by atoms with Crippen molar-refractivity contribution in [1.82, 2.24) is 15.1 Å². The van der Waals surface area contributed by atoms with E-state index >= 15 is 0 Å². The number of benzene rings is 2. The summed E-state index contributed by atoms with van der Waals surface area (Å²) in [7, 11) is 0. The molecule has 0 radical (unpaired) electrons. The zero-order valence-electron chi connectivity index (χ0n) is 18.0. The minimum atomic E-state index is -4.81. The predicted octanol–water partition coefficient (Wildman–Crippen LogP) is 4.64. The van der Waals surface area contributed by atoms with Crippen molar-refractivity contribution in [2.75, 3.05) is 6.54 Å². The van der Waals surface area contributed by atoms with Crippen LogP contribution < -0.4 is 5.32 Å². The van der Waals surface area contributed by atoms with Gasteiger partial charge in [0.15, 0.2) is 5.54 Å². The molecule has 1 aliphatic carbocycles. The Bertz CT molecular complexity index is 1250. The van der Waals surface area contributed by atoms with Gasteiger partial charge in [-0.05, 0) is 42.8 Å². The highest BCUT2D eigenvalue weighted by molar-refractivity contribution is 9.10. The Kier molecular flexibility index (Phi) is 6.20. The maximum atomic E-state index is 14.6. The van der Waals surface area contributed by atoms with Crippen LogP contribution in [0.4, 0.5) is 26.7 Å². The van der Waals surface area contributed by atoms with Crippen LogP contribution in [0, 0.1) is 5.82 Å². The van der Waals surface area contributed by atoms with Gasteiger partial charge in [0.1, 0.15) is 24.2 Å². The molecule has 1 spiro atoms. The molecule has 1 saturated heterocycles. The molecule has 4 rings (SSSR count). The first-order valence-corrected chi connectivity index (χ1v) is 11.1. The summed E-state index contributed by atoms with van der Waals surface area (Å²) in [6, 6.07) is 5.58. The molecule has 1 N–H and O–H groups in total. The number of fused-ring (bicyclic) bond motifs is 2. The molecule has 12 heteroatoms. The average Bonchev–Trinajstić information content (AvgIpc) is 3.19. The lowest BCUT2D eigenvalue weighted by Gasteiger charge is -2.32. The molecule has 2 atom stereocenters. The van der Waals surface area contributed by atoms with E-state index in [0.717, 1.165) is 25.1 Å². The highest BCUT2D eigenvalue weighted by Gasteiger charge is 2.56. The first-order valence-electron chi connectivity index (χ1n) is 10.3. The minimum absolute atomic E-state index is 0.0600. The molecule has 0 aromatic heterocycles. The Hall–Kier alpha value is -3.28. The molecule has 184 valence electrons. The monoisotopic (exact) mass is 557 g/mol. The van der Waals surface area contributed by atoms with Gasteiger partial charge in [-0.2, -0.15) is 13.2 Å². The van der Waals surface area contributed by atoms with E-state index < -0.39 is 60.3 Å². The summed E-state index contributed by atoms with van der Waals surface area (Å²) < 4.78 is 68.9. The van der Waals surface area contributed by atoms with E-state index in [9.17, 15) is 36.3 Å². The first-order chi connectivity index (χ1) is 16.3. The third-order valence-electron chi connectivity index (χ3n) is 5.96. The largest absolute Gasteiger partial charge is 0.408 e. The van der Waals surface area contributed by atoms with Gasteiger partial charge in [0.25, 0.3) is 5.91 Å². The molecule has 2 aromatic carbocycles. The zero-order chi connectivity index (χ0) is 25.7. The fraction of sp³-hybridized carbons (Fsp3) is 0.261. The Morgan fingerprint density at radius 1 is 1.14 bits per heavy atom. The number of amides is 4. The molecule has 0 bridgehead atoms. The van der Waals surface area contributed by atoms with E-state index in [1.807, 2.05) is 0 Å². The number of carbonyl (C=O) groups is 3. The Labute approximate surface area is 204 Å². The van der Waals surface area contributed by atoms with E-state index in [-0.39, 0.29) is 16.7 Å². The van der Waals surface area contributed by atoms with Gasteiger partial charge in [-0.3, -0.25) is 14.5 Å². The number of alkyl halides is 3. The van der Waals surface area contributed by atoms with E-state index in [2.05, 4.69) is 21.2 Å². The number of nitrogens with zero attached hydrogens (tertiary/aromatic N) is 2. The van der Waals surface area contributed by atoms with Crippen molar-refractivity contribution in [2.24, 2.45) is 0 Å². The first kappa shape index (κ1) is 24.8. The number of hydrogen-bond acceptors (Lipinski definition) is 3. The van der Waals surface area contributed by atoms with Crippen LogP contribution in [-0.2, 0) is 21.7 Å². The third kappa shape index (κ3) is 4.42. The fourth-order valence-electron chi connectivity index (χ4n) is 4.05. The molecule has 2 aromatic rings. The number of imide groups is 1. The molecule has 0 saturated carbocycles. The van der Waals surface area contributed by atoms with Crippen LogP contribution in [0.25, 0.3) is 5.83 Å². The van der Waals surface area contributed by atoms with E-state index in [1.54, 1.807) is 0 Å². The second-order valence-electron chi connectivity index (χ2n) is 8.18. The van der Waals surface area contributed by atoms with Gasteiger partial charge >= 0.3 is 12.2 Å². The van der Waals surface area contributed by atoms with Crippen LogP contribution in [0.15, 0.2) is 53.0 Å². The van der Waals surface area contributed by atoms with E-state index in [4.69, 9.17) is 0 Å². The second kappa shape index (κ2) is 8.74. The van der Waals surface area contributed by atoms with Crippen LogP contribution >= 0.6 is 15.9 Å². The molecule has 4 amide bonds. The number of urea groups is 1. The lowest BCUT2D eigenvalue weighted by molar-refractivity contribution is -0.187.